The Morgan fingerprint density at radius 2 is 1.57 bits per heavy atom. The number of esters is 1. The normalized spacial score (nSPS) is 11.7. The Balaban J connectivity index is 2.45. The Morgan fingerprint density at radius 3 is 2.03 bits per heavy atom. The maximum Gasteiger partial charge on any atom is 0.343 e. The maximum atomic E-state index is 14.1. The third kappa shape index (κ3) is 4.81. The molecule has 0 spiro atoms. The summed E-state index contributed by atoms with van der Waals surface area (Å²) in [6, 6.07) is 6.11. The summed E-state index contributed by atoms with van der Waals surface area (Å²) in [5, 5.41) is 8.34. The van der Waals surface area contributed by atoms with Crippen molar-refractivity contribution in [2.45, 2.75) is 4.90 Å². The molecule has 0 aliphatic rings. The number of nitriles is 1. The predicted molar refractivity (Wildman–Crippen MR) is 87.4 cm³/mol. The molecule has 2 rings (SSSR count). The van der Waals surface area contributed by atoms with E-state index in [1.165, 1.54) is 12.1 Å². The Labute approximate surface area is 168 Å². The lowest BCUT2D eigenvalue weighted by Crippen LogP contribution is -2.18. The van der Waals surface area contributed by atoms with Gasteiger partial charge in [0, 0.05) is 11.5 Å². The first kappa shape index (κ1) is 23.0. The van der Waals surface area contributed by atoms with Gasteiger partial charge in [-0.3, -0.25) is 0 Å². The van der Waals surface area contributed by atoms with Crippen LogP contribution in [-0.2, 0) is 25.1 Å². The van der Waals surface area contributed by atoms with Gasteiger partial charge in [0.15, 0.2) is 22.6 Å². The molecule has 0 N–H and O–H groups in total. The van der Waals surface area contributed by atoms with Crippen LogP contribution in [-0.4, -0.2) is 23.1 Å². The van der Waals surface area contributed by atoms with Gasteiger partial charge in [-0.1, -0.05) is 5.92 Å². The summed E-state index contributed by atoms with van der Waals surface area (Å²) in [5.74, 6) is -8.97. The number of rotatable bonds is 5. The van der Waals surface area contributed by atoms with Crippen LogP contribution in [0.5, 0.6) is 5.75 Å². The fraction of sp³-hybridized carbons (Fsp3) is 0. The lowest BCUT2D eigenvalue weighted by atomic mass is 10.1. The fourth-order valence-corrected chi connectivity index (χ4v) is 3.42. The number of hydrogen-bond acceptors (Lipinski definition) is 8. The quantitative estimate of drug-likeness (QED) is 0.164. The monoisotopic (exact) mass is 462 g/mol. The van der Waals surface area contributed by atoms with E-state index in [4.69, 9.17) is 5.26 Å². The van der Waals surface area contributed by atoms with Gasteiger partial charge in [0.1, 0.15) is 11.4 Å². The minimum absolute atomic E-state index is 0.285. The largest absolute Gasteiger partial charge is 0.749 e. The number of halogens is 4. The average molecular weight is 462 g/mol. The second kappa shape index (κ2) is 9.02. The van der Waals surface area contributed by atoms with E-state index >= 15 is 0 Å². The summed E-state index contributed by atoms with van der Waals surface area (Å²) >= 11 is -3.84. The average Bonchev–Trinajstić information content (AvgIpc) is 2.67. The number of hydrogen-bond donors (Lipinski definition) is 0. The second-order valence-electron chi connectivity index (χ2n) is 4.97. The van der Waals surface area contributed by atoms with Gasteiger partial charge >= 0.3 is 16.1 Å². The molecule has 0 heterocycles. The SMILES string of the molecule is N#CC#Cc1ccc(C(=O)Oc2c(F)c(F)c(S(=O)(=O)OS(=O)[O-])c(F)c2F)cc1. The van der Waals surface area contributed by atoms with Crippen molar-refractivity contribution in [3.05, 3.63) is 58.7 Å². The zero-order valence-corrected chi connectivity index (χ0v) is 15.6. The fourth-order valence-electron chi connectivity index (χ4n) is 1.95. The molecule has 14 heteroatoms. The number of carbonyl (C=O) groups excluding carboxylic acids is 1. The standard InChI is InChI=1S/C16H5F4NO7S2/c17-10-12(19)15(30(25,26)28-29(23)24)13(20)11(18)14(10)27-16(22)9-5-3-8(4-6-9)2-1-7-21/h3-6H,(H,23,24)/p-1. The molecule has 8 nitrogen and oxygen atoms in total. The molecule has 156 valence electrons. The van der Waals surface area contributed by atoms with Crippen LogP contribution in [0.2, 0.25) is 0 Å². The van der Waals surface area contributed by atoms with Crippen molar-refractivity contribution in [3.63, 3.8) is 0 Å². The molecular formula is C16H4F4NO7S2-. The maximum absolute atomic E-state index is 14.1. The zero-order chi connectivity index (χ0) is 22.6. The van der Waals surface area contributed by atoms with Gasteiger partial charge in [-0.2, -0.15) is 26.1 Å². The molecule has 2 aromatic rings. The minimum Gasteiger partial charge on any atom is -0.749 e. The summed E-state index contributed by atoms with van der Waals surface area (Å²) in [6.45, 7) is 0. The molecule has 0 saturated heterocycles. The van der Waals surface area contributed by atoms with Gasteiger partial charge in [0.25, 0.3) is 0 Å². The van der Waals surface area contributed by atoms with E-state index in [0.29, 0.717) is 0 Å². The number of benzene rings is 2. The van der Waals surface area contributed by atoms with Crippen molar-refractivity contribution in [2.75, 3.05) is 0 Å². The topological polar surface area (TPSA) is 134 Å². The van der Waals surface area contributed by atoms with Crippen molar-refractivity contribution < 1.29 is 47.9 Å². The van der Waals surface area contributed by atoms with Crippen LogP contribution in [0.3, 0.4) is 0 Å². The smallest absolute Gasteiger partial charge is 0.343 e. The Kier molecular flexibility index (Phi) is 6.91. The van der Waals surface area contributed by atoms with Crippen LogP contribution in [0.4, 0.5) is 17.6 Å². The van der Waals surface area contributed by atoms with Crippen LogP contribution >= 0.6 is 0 Å². The molecule has 0 fully saturated rings. The second-order valence-corrected chi connectivity index (χ2v) is 7.24. The van der Waals surface area contributed by atoms with Crippen LogP contribution in [0.25, 0.3) is 0 Å². The minimum atomic E-state index is -5.79. The van der Waals surface area contributed by atoms with E-state index < -0.39 is 61.4 Å². The Bertz CT molecular complexity index is 1230. The van der Waals surface area contributed by atoms with Gasteiger partial charge in [-0.25, -0.2) is 17.8 Å². The molecular weight excluding hydrogens is 458 g/mol. The first-order valence-corrected chi connectivity index (χ1v) is 9.53. The highest BCUT2D eigenvalue weighted by atomic mass is 32.3. The number of ether oxygens (including phenoxy) is 1. The van der Waals surface area contributed by atoms with Gasteiger partial charge in [0.05, 0.1) is 5.56 Å². The van der Waals surface area contributed by atoms with Gasteiger partial charge in [-0.05, 0) is 24.3 Å². The summed E-state index contributed by atoms with van der Waals surface area (Å²) < 4.78 is 107. The van der Waals surface area contributed by atoms with E-state index in [0.717, 1.165) is 12.1 Å². The van der Waals surface area contributed by atoms with Crippen molar-refractivity contribution in [1.82, 2.24) is 0 Å². The van der Waals surface area contributed by atoms with Crippen LogP contribution in [0, 0.1) is 46.4 Å². The van der Waals surface area contributed by atoms with Crippen molar-refractivity contribution >= 4 is 27.4 Å². The van der Waals surface area contributed by atoms with Crippen molar-refractivity contribution in [2.24, 2.45) is 0 Å². The number of nitrogens with zero attached hydrogens (tertiary/aromatic N) is 1. The van der Waals surface area contributed by atoms with E-state index in [9.17, 15) is 39.5 Å². The first-order chi connectivity index (χ1) is 14.0. The highest BCUT2D eigenvalue weighted by molar-refractivity contribution is 7.95. The van der Waals surface area contributed by atoms with E-state index in [-0.39, 0.29) is 11.1 Å². The third-order valence-electron chi connectivity index (χ3n) is 3.16. The number of carbonyl (C=O) groups is 1. The summed E-state index contributed by atoms with van der Waals surface area (Å²) in [4.78, 5) is 9.61. The van der Waals surface area contributed by atoms with Crippen LogP contribution in [0.15, 0.2) is 29.2 Å². The van der Waals surface area contributed by atoms with Crippen LogP contribution in [0.1, 0.15) is 15.9 Å². The molecule has 0 amide bonds. The summed E-state index contributed by atoms with van der Waals surface area (Å²) in [6.07, 6.45) is 0. The molecule has 2 aromatic carbocycles. The highest BCUT2D eigenvalue weighted by Crippen LogP contribution is 2.34. The first-order valence-electron chi connectivity index (χ1n) is 7.12. The van der Waals surface area contributed by atoms with Crippen molar-refractivity contribution in [3.8, 4) is 23.7 Å². The predicted octanol–water partition coefficient (Wildman–Crippen LogP) is 1.84. The van der Waals surface area contributed by atoms with E-state index in [1.54, 1.807) is 6.07 Å². The van der Waals surface area contributed by atoms with E-state index in [1.807, 2.05) is 0 Å². The third-order valence-corrected chi connectivity index (χ3v) is 5.18. The molecule has 0 aliphatic carbocycles. The molecule has 0 aromatic heterocycles. The zero-order valence-electron chi connectivity index (χ0n) is 13.9. The van der Waals surface area contributed by atoms with Crippen LogP contribution < -0.4 is 4.74 Å². The summed E-state index contributed by atoms with van der Waals surface area (Å²) in [5.41, 5.74) is -0.0632. The van der Waals surface area contributed by atoms with Gasteiger partial charge in [0.2, 0.25) is 17.4 Å². The molecule has 0 saturated carbocycles. The Hall–Kier alpha value is -3.30. The van der Waals surface area contributed by atoms with Gasteiger partial charge in [-0.15, -0.1) is 0 Å². The lowest BCUT2D eigenvalue weighted by Gasteiger charge is -2.13. The van der Waals surface area contributed by atoms with E-state index in [2.05, 4.69) is 20.2 Å². The highest BCUT2D eigenvalue weighted by Gasteiger charge is 2.36. The Morgan fingerprint density at radius 1 is 1.03 bits per heavy atom. The molecule has 0 bridgehead atoms. The lowest BCUT2D eigenvalue weighted by molar-refractivity contribution is 0.0716. The molecule has 1 atom stereocenters. The van der Waals surface area contributed by atoms with Gasteiger partial charge < -0.3 is 9.29 Å². The molecule has 1 unspecified atom stereocenters. The molecule has 0 radical (unpaired) electrons. The summed E-state index contributed by atoms with van der Waals surface area (Å²) in [7, 11) is -5.79. The molecule has 30 heavy (non-hydrogen) atoms. The van der Waals surface area contributed by atoms with Crippen molar-refractivity contribution in [1.29, 1.82) is 5.26 Å². The molecule has 0 aliphatic heterocycles.